The van der Waals surface area contributed by atoms with Crippen molar-refractivity contribution in [2.45, 2.75) is 18.4 Å². The van der Waals surface area contributed by atoms with Gasteiger partial charge in [-0.2, -0.15) is 0 Å². The summed E-state index contributed by atoms with van der Waals surface area (Å²) >= 11 is 0. The highest BCUT2D eigenvalue weighted by Gasteiger charge is 2.20. The number of nitrogens with zero attached hydrogens (tertiary/aromatic N) is 1. The summed E-state index contributed by atoms with van der Waals surface area (Å²) in [5.74, 6) is 1.11. The number of hydrogen-bond donors (Lipinski definition) is 1. The van der Waals surface area contributed by atoms with Crippen molar-refractivity contribution < 1.29 is 22.6 Å². The molecule has 1 aromatic heterocycles. The predicted molar refractivity (Wildman–Crippen MR) is 122 cm³/mol. The van der Waals surface area contributed by atoms with Gasteiger partial charge in [-0.25, -0.2) is 8.42 Å². The van der Waals surface area contributed by atoms with Crippen LogP contribution in [-0.4, -0.2) is 34.3 Å². The number of aromatic nitrogens is 1. The summed E-state index contributed by atoms with van der Waals surface area (Å²) in [5, 5.41) is 1.91. The molecule has 31 heavy (non-hydrogen) atoms. The first kappa shape index (κ1) is 20.9. The summed E-state index contributed by atoms with van der Waals surface area (Å²) in [6.45, 7) is 2.86. The standard InChI is InChI=1S/C23H24N2O5S/c1-5-25-19-9-7-6-8-17(19)18-14-16(10-11-20(18)25)31(26,27)24-15-12-21(28-2)23(30-4)22(13-15)29-3/h6-14,24H,5H2,1-4H3. The van der Waals surface area contributed by atoms with E-state index in [0.29, 0.717) is 22.9 Å². The average molecular weight is 441 g/mol. The Morgan fingerprint density at radius 1 is 0.839 bits per heavy atom. The molecule has 0 aliphatic rings. The lowest BCUT2D eigenvalue weighted by atomic mass is 10.1. The lowest BCUT2D eigenvalue weighted by Gasteiger charge is -2.15. The van der Waals surface area contributed by atoms with Gasteiger partial charge in [-0.05, 0) is 31.2 Å². The topological polar surface area (TPSA) is 78.8 Å². The third-order valence-corrected chi connectivity index (χ3v) is 6.67. The number of benzene rings is 3. The molecule has 8 heteroatoms. The van der Waals surface area contributed by atoms with Gasteiger partial charge in [-0.1, -0.05) is 18.2 Å². The quantitative estimate of drug-likeness (QED) is 0.453. The monoisotopic (exact) mass is 440 g/mol. The first-order chi connectivity index (χ1) is 14.9. The predicted octanol–water partition coefficient (Wildman–Crippen LogP) is 4.64. The summed E-state index contributed by atoms with van der Waals surface area (Å²) in [4.78, 5) is 0.174. The van der Waals surface area contributed by atoms with Gasteiger partial charge in [0.25, 0.3) is 10.0 Å². The Balaban J connectivity index is 1.80. The molecule has 0 saturated heterocycles. The summed E-state index contributed by atoms with van der Waals surface area (Å²) in [7, 11) is 0.599. The number of fused-ring (bicyclic) bond motifs is 3. The van der Waals surface area contributed by atoms with Crippen LogP contribution < -0.4 is 18.9 Å². The summed E-state index contributed by atoms with van der Waals surface area (Å²) in [6.07, 6.45) is 0. The lowest BCUT2D eigenvalue weighted by Crippen LogP contribution is -2.13. The number of hydrogen-bond acceptors (Lipinski definition) is 5. The normalized spacial score (nSPS) is 11.6. The van der Waals surface area contributed by atoms with Crippen LogP contribution in [0.3, 0.4) is 0 Å². The first-order valence-corrected chi connectivity index (χ1v) is 11.3. The zero-order valence-corrected chi connectivity index (χ0v) is 18.6. The Bertz CT molecular complexity index is 1350. The van der Waals surface area contributed by atoms with E-state index in [1.54, 1.807) is 24.3 Å². The van der Waals surface area contributed by atoms with Crippen LogP contribution in [0.4, 0.5) is 5.69 Å². The van der Waals surface area contributed by atoms with Crippen LogP contribution >= 0.6 is 0 Å². The van der Waals surface area contributed by atoms with E-state index in [9.17, 15) is 8.42 Å². The first-order valence-electron chi connectivity index (χ1n) is 9.77. The Hall–Kier alpha value is -3.39. The zero-order valence-electron chi connectivity index (χ0n) is 17.8. The van der Waals surface area contributed by atoms with Crippen molar-refractivity contribution in [3.63, 3.8) is 0 Å². The maximum absolute atomic E-state index is 13.2. The SMILES string of the molecule is CCn1c2ccccc2c2cc(S(=O)(=O)Nc3cc(OC)c(OC)c(OC)c3)ccc21. The summed E-state index contributed by atoms with van der Waals surface area (Å²) in [6, 6.07) is 16.3. The van der Waals surface area contributed by atoms with Crippen molar-refractivity contribution in [1.29, 1.82) is 0 Å². The Morgan fingerprint density at radius 3 is 2.10 bits per heavy atom. The third-order valence-electron chi connectivity index (χ3n) is 5.29. The highest BCUT2D eigenvalue weighted by molar-refractivity contribution is 7.92. The highest BCUT2D eigenvalue weighted by Crippen LogP contribution is 2.40. The van der Waals surface area contributed by atoms with Gasteiger partial charge in [0.2, 0.25) is 5.75 Å². The number of ether oxygens (including phenoxy) is 3. The fourth-order valence-electron chi connectivity index (χ4n) is 3.89. The van der Waals surface area contributed by atoms with Crippen LogP contribution in [0.5, 0.6) is 17.2 Å². The average Bonchev–Trinajstić information content (AvgIpc) is 3.11. The van der Waals surface area contributed by atoms with Crippen molar-refractivity contribution >= 4 is 37.5 Å². The molecule has 0 atom stereocenters. The van der Waals surface area contributed by atoms with Crippen LogP contribution in [0, 0.1) is 0 Å². The van der Waals surface area contributed by atoms with Crippen LogP contribution in [0.15, 0.2) is 59.5 Å². The molecular weight excluding hydrogens is 416 g/mol. The molecule has 0 fully saturated rings. The van der Waals surface area contributed by atoms with Crippen LogP contribution in [0.1, 0.15) is 6.92 Å². The molecule has 4 rings (SSSR count). The van der Waals surface area contributed by atoms with Gasteiger partial charge in [0.1, 0.15) is 0 Å². The maximum Gasteiger partial charge on any atom is 0.261 e. The number of methoxy groups -OCH3 is 3. The van der Waals surface area contributed by atoms with Crippen molar-refractivity contribution in [1.82, 2.24) is 4.57 Å². The van der Waals surface area contributed by atoms with E-state index in [-0.39, 0.29) is 4.90 Å². The molecule has 0 saturated carbocycles. The molecular formula is C23H24N2O5S. The number of aryl methyl sites for hydroxylation is 1. The highest BCUT2D eigenvalue weighted by atomic mass is 32.2. The van der Waals surface area contributed by atoms with Crippen molar-refractivity contribution in [2.24, 2.45) is 0 Å². The molecule has 0 aliphatic heterocycles. The van der Waals surface area contributed by atoms with Gasteiger partial charge in [0.05, 0.1) is 31.9 Å². The molecule has 1 N–H and O–H groups in total. The minimum absolute atomic E-state index is 0.174. The molecule has 0 unspecified atom stereocenters. The Morgan fingerprint density at radius 2 is 1.48 bits per heavy atom. The van der Waals surface area contributed by atoms with Crippen molar-refractivity contribution in [3.05, 3.63) is 54.6 Å². The molecule has 0 amide bonds. The van der Waals surface area contributed by atoms with E-state index < -0.39 is 10.0 Å². The van der Waals surface area contributed by atoms with Gasteiger partial charge in [0.15, 0.2) is 11.5 Å². The molecule has 4 aromatic rings. The van der Waals surface area contributed by atoms with E-state index in [0.717, 1.165) is 28.4 Å². The Kier molecular flexibility index (Phi) is 5.41. The van der Waals surface area contributed by atoms with E-state index >= 15 is 0 Å². The molecule has 0 aliphatic carbocycles. The van der Waals surface area contributed by atoms with E-state index in [4.69, 9.17) is 14.2 Å². The van der Waals surface area contributed by atoms with Crippen LogP contribution in [0.2, 0.25) is 0 Å². The summed E-state index contributed by atoms with van der Waals surface area (Å²) in [5.41, 5.74) is 2.38. The fourth-order valence-corrected chi connectivity index (χ4v) is 4.96. The third kappa shape index (κ3) is 3.53. The number of nitrogens with one attached hydrogen (secondary N) is 1. The Labute approximate surface area is 181 Å². The lowest BCUT2D eigenvalue weighted by molar-refractivity contribution is 0.325. The number of sulfonamides is 1. The minimum atomic E-state index is -3.85. The van der Waals surface area contributed by atoms with E-state index in [1.807, 2.05) is 30.3 Å². The molecule has 162 valence electrons. The molecule has 0 spiro atoms. The molecule has 3 aromatic carbocycles. The van der Waals surface area contributed by atoms with E-state index in [1.165, 1.54) is 21.3 Å². The van der Waals surface area contributed by atoms with Gasteiger partial charge >= 0.3 is 0 Å². The number of para-hydroxylation sites is 1. The molecule has 1 heterocycles. The second-order valence-electron chi connectivity index (χ2n) is 6.96. The van der Waals surface area contributed by atoms with Gasteiger partial charge in [-0.15, -0.1) is 0 Å². The smallest absolute Gasteiger partial charge is 0.261 e. The van der Waals surface area contributed by atoms with Gasteiger partial charge in [0, 0.05) is 40.5 Å². The van der Waals surface area contributed by atoms with Gasteiger partial charge in [-0.3, -0.25) is 4.72 Å². The minimum Gasteiger partial charge on any atom is -0.493 e. The number of rotatable bonds is 7. The van der Waals surface area contributed by atoms with Crippen LogP contribution in [-0.2, 0) is 16.6 Å². The van der Waals surface area contributed by atoms with Gasteiger partial charge < -0.3 is 18.8 Å². The van der Waals surface area contributed by atoms with Crippen LogP contribution in [0.25, 0.3) is 21.8 Å². The molecule has 0 bridgehead atoms. The largest absolute Gasteiger partial charge is 0.493 e. The van der Waals surface area contributed by atoms with Crippen molar-refractivity contribution in [3.8, 4) is 17.2 Å². The van der Waals surface area contributed by atoms with E-state index in [2.05, 4.69) is 16.2 Å². The second-order valence-corrected chi connectivity index (χ2v) is 8.64. The maximum atomic E-state index is 13.2. The summed E-state index contributed by atoms with van der Waals surface area (Å²) < 4.78 is 47.1. The molecule has 7 nitrogen and oxygen atoms in total. The van der Waals surface area contributed by atoms with Crippen molar-refractivity contribution in [2.75, 3.05) is 26.1 Å². The number of anilines is 1. The zero-order chi connectivity index (χ0) is 22.2. The fraction of sp³-hybridized carbons (Fsp3) is 0.217. The molecule has 0 radical (unpaired) electrons. The second kappa shape index (κ2) is 8.03.